The van der Waals surface area contributed by atoms with Gasteiger partial charge < -0.3 is 8.83 Å². The third kappa shape index (κ3) is 4.75. The monoisotopic (exact) mass is 652 g/mol. The number of fused-ring (bicyclic) bond motifs is 6. The Morgan fingerprint density at radius 2 is 1.08 bits per heavy atom. The molecule has 5 nitrogen and oxygen atoms in total. The van der Waals surface area contributed by atoms with Crippen LogP contribution in [0.5, 0.6) is 0 Å². The van der Waals surface area contributed by atoms with Gasteiger partial charge in [0.25, 0.3) is 0 Å². The lowest BCUT2D eigenvalue weighted by Crippen LogP contribution is -2.00. The number of hydrogen-bond donors (Lipinski definition) is 0. The van der Waals surface area contributed by atoms with E-state index in [9.17, 15) is 4.11 Å². The molecule has 50 heavy (non-hydrogen) atoms. The first-order valence-corrected chi connectivity index (χ1v) is 15.7. The van der Waals surface area contributed by atoms with Crippen LogP contribution in [0.3, 0.4) is 0 Å². The maximum atomic E-state index is 9.50. The molecule has 3 heterocycles. The van der Waals surface area contributed by atoms with Gasteiger partial charge in [-0.1, -0.05) is 133 Å². The molecule has 0 spiro atoms. The number of furan rings is 2. The first-order chi connectivity index (χ1) is 29.3. The summed E-state index contributed by atoms with van der Waals surface area (Å²) in [5, 5.41) is 1.40. The molecule has 5 heteroatoms. The van der Waals surface area contributed by atoms with Crippen LogP contribution in [0.25, 0.3) is 100 Å². The normalized spacial score (nSPS) is 14.7. The van der Waals surface area contributed by atoms with Gasteiger partial charge in [-0.25, -0.2) is 15.0 Å². The summed E-state index contributed by atoms with van der Waals surface area (Å²) in [7, 11) is 0. The molecule has 0 N–H and O–H groups in total. The molecule has 0 saturated heterocycles. The Morgan fingerprint density at radius 3 is 1.92 bits per heavy atom. The molecule has 0 aliphatic carbocycles. The van der Waals surface area contributed by atoms with E-state index in [0.29, 0.717) is 22.3 Å². The summed E-state index contributed by atoms with van der Waals surface area (Å²) in [5.41, 5.74) is 2.70. The van der Waals surface area contributed by atoms with Gasteiger partial charge in [0.2, 0.25) is 0 Å². The quantitative estimate of drug-likeness (QED) is 0.185. The summed E-state index contributed by atoms with van der Waals surface area (Å²) in [6.45, 7) is 0. The second-order valence-electron chi connectivity index (χ2n) is 11.6. The second-order valence-corrected chi connectivity index (χ2v) is 11.6. The molecule has 234 valence electrons. The van der Waals surface area contributed by atoms with Gasteiger partial charge in [0, 0.05) is 43.8 Å². The van der Waals surface area contributed by atoms with Crippen LogP contribution in [0.15, 0.2) is 172 Å². The van der Waals surface area contributed by atoms with Crippen molar-refractivity contribution in [3.8, 4) is 56.4 Å². The highest BCUT2D eigenvalue weighted by molar-refractivity contribution is 6.10. The SMILES string of the molecule is [2H]c1c([2H])c([2H])c(-c2c([2H])c([2H])c([2H])c3c2oc2c([2H])c(-c4nc(-c5ccc(-c6ccccc6)cc5)nc(-c5ccc6c(c5)oc5ccccc56)n4)c([2H])c([2H])c23)c([2H])c1[2H]. The van der Waals surface area contributed by atoms with Crippen LogP contribution in [-0.4, -0.2) is 15.0 Å². The third-order valence-electron chi connectivity index (χ3n) is 8.56. The Bertz CT molecular complexity index is 3470. The summed E-state index contributed by atoms with van der Waals surface area (Å²) < 4.78 is 109. The number of nitrogens with zero attached hydrogens (tertiary/aromatic N) is 3. The van der Waals surface area contributed by atoms with E-state index < -0.39 is 72.0 Å². The molecule has 0 fully saturated rings. The van der Waals surface area contributed by atoms with Gasteiger partial charge in [-0.15, -0.1) is 0 Å². The summed E-state index contributed by atoms with van der Waals surface area (Å²) in [6.07, 6.45) is 0. The molecular formula is C45H27N3O2. The third-order valence-corrected chi connectivity index (χ3v) is 8.56. The van der Waals surface area contributed by atoms with Gasteiger partial charge in [0.05, 0.1) is 15.1 Å². The van der Waals surface area contributed by atoms with Gasteiger partial charge in [-0.2, -0.15) is 0 Å². The van der Waals surface area contributed by atoms with Crippen molar-refractivity contribution in [3.05, 3.63) is 164 Å². The molecule has 0 radical (unpaired) electrons. The van der Waals surface area contributed by atoms with Gasteiger partial charge >= 0.3 is 0 Å². The molecule has 0 aliphatic rings. The Balaban J connectivity index is 1.23. The van der Waals surface area contributed by atoms with Crippen molar-refractivity contribution < 1.29 is 23.9 Å². The van der Waals surface area contributed by atoms with Crippen LogP contribution in [0.1, 0.15) is 15.1 Å². The molecule has 0 bridgehead atoms. The molecular weight excluding hydrogens is 615 g/mol. The van der Waals surface area contributed by atoms with Crippen LogP contribution in [0.4, 0.5) is 0 Å². The van der Waals surface area contributed by atoms with Gasteiger partial charge in [0.15, 0.2) is 17.5 Å². The summed E-state index contributed by atoms with van der Waals surface area (Å²) >= 11 is 0. The van der Waals surface area contributed by atoms with Gasteiger partial charge in [-0.3, -0.25) is 0 Å². The number of rotatable bonds is 5. The van der Waals surface area contributed by atoms with Crippen LogP contribution in [-0.2, 0) is 0 Å². The molecule has 3 aromatic heterocycles. The average Bonchev–Trinajstić information content (AvgIpc) is 3.87. The second kappa shape index (κ2) is 11.4. The zero-order valence-electron chi connectivity index (χ0n) is 36.9. The van der Waals surface area contributed by atoms with Gasteiger partial charge in [0.1, 0.15) is 22.3 Å². The minimum atomic E-state index is -0.685. The predicted molar refractivity (Wildman–Crippen MR) is 202 cm³/mol. The Kier molecular flexibility index (Phi) is 4.38. The van der Waals surface area contributed by atoms with Crippen LogP contribution < -0.4 is 0 Å². The summed E-state index contributed by atoms with van der Waals surface area (Å²) in [6, 6.07) is 23.8. The summed E-state index contributed by atoms with van der Waals surface area (Å²) in [4.78, 5) is 14.4. The fourth-order valence-corrected chi connectivity index (χ4v) is 6.13. The van der Waals surface area contributed by atoms with E-state index in [1.807, 2.05) is 91.0 Å². The van der Waals surface area contributed by atoms with E-state index in [1.165, 1.54) is 0 Å². The highest BCUT2D eigenvalue weighted by Crippen LogP contribution is 2.38. The lowest BCUT2D eigenvalue weighted by Gasteiger charge is -2.09. The van der Waals surface area contributed by atoms with Crippen LogP contribution in [0, 0.1) is 0 Å². The number of hydrogen-bond acceptors (Lipinski definition) is 5. The van der Waals surface area contributed by atoms with Crippen molar-refractivity contribution >= 4 is 43.9 Å². The van der Waals surface area contributed by atoms with Crippen molar-refractivity contribution in [2.45, 2.75) is 0 Å². The first kappa shape index (κ1) is 19.2. The maximum Gasteiger partial charge on any atom is 0.164 e. The minimum absolute atomic E-state index is 0.137. The fourth-order valence-electron chi connectivity index (χ4n) is 6.13. The zero-order valence-corrected chi connectivity index (χ0v) is 25.9. The van der Waals surface area contributed by atoms with Gasteiger partial charge in [-0.05, 0) is 47.0 Å². The van der Waals surface area contributed by atoms with E-state index in [-0.39, 0.29) is 50.5 Å². The van der Waals surface area contributed by atoms with E-state index in [0.717, 1.165) is 21.9 Å². The molecule has 0 saturated carbocycles. The molecule has 0 atom stereocenters. The smallest absolute Gasteiger partial charge is 0.164 e. The topological polar surface area (TPSA) is 65.0 Å². The van der Waals surface area contributed by atoms with Crippen molar-refractivity contribution in [2.75, 3.05) is 0 Å². The molecule has 0 unspecified atom stereocenters. The predicted octanol–water partition coefficient (Wildman–Crippen LogP) is 12.0. The molecule has 10 aromatic rings. The number of aromatic nitrogens is 3. The lowest BCUT2D eigenvalue weighted by atomic mass is 10.0. The maximum absolute atomic E-state index is 9.50. The zero-order chi connectivity index (χ0) is 42.6. The Morgan fingerprint density at radius 1 is 0.400 bits per heavy atom. The summed E-state index contributed by atoms with van der Waals surface area (Å²) in [5.74, 6) is 0.245. The van der Waals surface area contributed by atoms with Crippen molar-refractivity contribution in [2.24, 2.45) is 0 Å². The molecule has 10 rings (SSSR count). The highest BCUT2D eigenvalue weighted by Gasteiger charge is 2.17. The van der Waals surface area contributed by atoms with Crippen LogP contribution >= 0.6 is 0 Å². The largest absolute Gasteiger partial charge is 0.456 e. The first-order valence-electron chi connectivity index (χ1n) is 21.2. The van der Waals surface area contributed by atoms with Crippen molar-refractivity contribution in [1.29, 1.82) is 0 Å². The number of benzene rings is 7. The van der Waals surface area contributed by atoms with Crippen molar-refractivity contribution in [1.82, 2.24) is 15.0 Å². The molecule has 0 aliphatic heterocycles. The Hall–Kier alpha value is -6.85. The molecule has 7 aromatic carbocycles. The highest BCUT2D eigenvalue weighted by atomic mass is 16.3. The van der Waals surface area contributed by atoms with E-state index >= 15 is 0 Å². The number of para-hydroxylation sites is 2. The molecule has 0 amide bonds. The minimum Gasteiger partial charge on any atom is -0.456 e. The van der Waals surface area contributed by atoms with Crippen molar-refractivity contribution in [3.63, 3.8) is 0 Å². The fraction of sp³-hybridized carbons (Fsp3) is 0. The standard InChI is InChI=1S/C45H27N3O2/c1-3-10-28(11-4-1)29-18-20-31(21-19-29)43-46-44(32-22-24-36-35-14-7-8-17-39(35)49-40(36)26-32)48-45(47-43)33-23-25-37-38-16-9-15-34(30-12-5-2-6-13-30)42(38)50-41(37)27-33/h1-27H/i2D,5D,6D,9D,12D,13D,15D,16D,23D,25D,27D. The van der Waals surface area contributed by atoms with E-state index in [4.69, 9.17) is 34.8 Å². The van der Waals surface area contributed by atoms with Crippen LogP contribution in [0.2, 0.25) is 0 Å². The average molecular weight is 653 g/mol. The van der Waals surface area contributed by atoms with E-state index in [2.05, 4.69) is 0 Å². The Labute approximate surface area is 302 Å². The lowest BCUT2D eigenvalue weighted by molar-refractivity contribution is 0.669. The van der Waals surface area contributed by atoms with E-state index in [1.54, 1.807) is 6.07 Å².